The second-order valence-electron chi connectivity index (χ2n) is 6.44. The van der Waals surface area contributed by atoms with Crippen molar-refractivity contribution in [3.8, 4) is 5.75 Å². The Labute approximate surface area is 147 Å². The number of hydrogen-bond acceptors (Lipinski definition) is 5. The average Bonchev–Trinajstić information content (AvgIpc) is 2.59. The molecule has 0 amide bonds. The van der Waals surface area contributed by atoms with E-state index in [4.69, 9.17) is 16.3 Å². The van der Waals surface area contributed by atoms with Gasteiger partial charge in [-0.2, -0.15) is 0 Å². The molecule has 1 atom stereocenters. The summed E-state index contributed by atoms with van der Waals surface area (Å²) in [7, 11) is 1.67. The molecule has 1 unspecified atom stereocenters. The van der Waals surface area contributed by atoms with Crippen LogP contribution >= 0.6 is 11.6 Å². The van der Waals surface area contributed by atoms with Crippen molar-refractivity contribution in [3.63, 3.8) is 0 Å². The quantitative estimate of drug-likeness (QED) is 0.924. The van der Waals surface area contributed by atoms with Crippen LogP contribution < -0.4 is 15.0 Å². The summed E-state index contributed by atoms with van der Waals surface area (Å²) in [6.45, 7) is 1.93. The molecule has 1 aromatic heterocycles. The summed E-state index contributed by atoms with van der Waals surface area (Å²) in [5.41, 5.74) is 2.57. The van der Waals surface area contributed by atoms with Crippen LogP contribution in [-0.2, 0) is 6.42 Å². The lowest BCUT2D eigenvalue weighted by Crippen LogP contribution is -2.59. The van der Waals surface area contributed by atoms with Gasteiger partial charge in [0.05, 0.1) is 12.1 Å². The SMILES string of the molecule is COc1ccc2c(c1Cl)C(NC1CN(c3ccncn3)C1)CCC2. The van der Waals surface area contributed by atoms with Gasteiger partial charge in [-0.15, -0.1) is 0 Å². The van der Waals surface area contributed by atoms with Gasteiger partial charge in [0.1, 0.15) is 17.9 Å². The first-order chi connectivity index (χ1) is 11.8. The van der Waals surface area contributed by atoms with Gasteiger partial charge in [0.25, 0.3) is 0 Å². The minimum absolute atomic E-state index is 0.300. The standard InChI is InChI=1S/C18H21ClN4O/c1-24-15-6-5-12-3-2-4-14(17(12)18(15)19)22-13-9-23(10-13)16-7-8-20-11-21-16/h5-8,11,13-14,22H,2-4,9-10H2,1H3. The highest BCUT2D eigenvalue weighted by Gasteiger charge is 2.32. The molecule has 1 N–H and O–H groups in total. The van der Waals surface area contributed by atoms with Crippen molar-refractivity contribution < 1.29 is 4.74 Å². The van der Waals surface area contributed by atoms with Crippen molar-refractivity contribution in [3.05, 3.63) is 46.9 Å². The highest BCUT2D eigenvalue weighted by atomic mass is 35.5. The summed E-state index contributed by atoms with van der Waals surface area (Å²) < 4.78 is 5.40. The topological polar surface area (TPSA) is 50.3 Å². The van der Waals surface area contributed by atoms with Crippen molar-refractivity contribution in [2.24, 2.45) is 0 Å². The lowest BCUT2D eigenvalue weighted by atomic mass is 9.86. The fourth-order valence-corrected chi connectivity index (χ4v) is 4.09. The number of fused-ring (bicyclic) bond motifs is 1. The lowest BCUT2D eigenvalue weighted by molar-refractivity contribution is 0.343. The fraction of sp³-hybridized carbons (Fsp3) is 0.444. The highest BCUT2D eigenvalue weighted by Crippen LogP contribution is 2.40. The van der Waals surface area contributed by atoms with E-state index in [2.05, 4.69) is 26.3 Å². The van der Waals surface area contributed by atoms with Crippen LogP contribution in [0.4, 0.5) is 5.82 Å². The molecule has 1 fully saturated rings. The number of nitrogens with zero attached hydrogens (tertiary/aromatic N) is 3. The highest BCUT2D eigenvalue weighted by molar-refractivity contribution is 6.33. The number of halogens is 1. The molecule has 2 aromatic rings. The molecule has 126 valence electrons. The summed E-state index contributed by atoms with van der Waals surface area (Å²) in [4.78, 5) is 10.5. The Morgan fingerprint density at radius 1 is 1.29 bits per heavy atom. The second kappa shape index (κ2) is 6.57. The monoisotopic (exact) mass is 344 g/mol. The maximum Gasteiger partial charge on any atom is 0.137 e. The molecule has 2 aliphatic rings. The number of anilines is 1. The Morgan fingerprint density at radius 2 is 2.17 bits per heavy atom. The zero-order valence-electron chi connectivity index (χ0n) is 13.7. The van der Waals surface area contributed by atoms with Crippen molar-refractivity contribution in [1.82, 2.24) is 15.3 Å². The third kappa shape index (κ3) is 2.82. The zero-order valence-corrected chi connectivity index (χ0v) is 14.5. The first-order valence-electron chi connectivity index (χ1n) is 8.38. The maximum atomic E-state index is 6.60. The number of rotatable bonds is 4. The summed E-state index contributed by atoms with van der Waals surface area (Å²) in [6.07, 6.45) is 6.78. The largest absolute Gasteiger partial charge is 0.495 e. The van der Waals surface area contributed by atoms with E-state index in [1.54, 1.807) is 19.6 Å². The van der Waals surface area contributed by atoms with Crippen molar-refractivity contribution >= 4 is 17.4 Å². The normalized spacial score (nSPS) is 20.4. The van der Waals surface area contributed by atoms with Gasteiger partial charge in [0.15, 0.2) is 0 Å². The number of nitrogens with one attached hydrogen (secondary N) is 1. The minimum Gasteiger partial charge on any atom is -0.495 e. The van der Waals surface area contributed by atoms with Crippen LogP contribution in [0.15, 0.2) is 30.7 Å². The van der Waals surface area contributed by atoms with Crippen molar-refractivity contribution in [2.45, 2.75) is 31.3 Å². The Bertz CT molecular complexity index is 718. The second-order valence-corrected chi connectivity index (χ2v) is 6.81. The van der Waals surface area contributed by atoms with E-state index < -0.39 is 0 Å². The maximum absolute atomic E-state index is 6.60. The number of methoxy groups -OCH3 is 1. The molecule has 5 nitrogen and oxygen atoms in total. The van der Waals surface area contributed by atoms with Gasteiger partial charge in [-0.05, 0) is 42.5 Å². The van der Waals surface area contributed by atoms with Crippen LogP contribution in [0.5, 0.6) is 5.75 Å². The van der Waals surface area contributed by atoms with Crippen LogP contribution in [0.1, 0.15) is 30.0 Å². The molecule has 24 heavy (non-hydrogen) atoms. The Balaban J connectivity index is 1.46. The molecule has 0 saturated carbocycles. The molecule has 1 aliphatic carbocycles. The lowest BCUT2D eigenvalue weighted by Gasteiger charge is -2.43. The minimum atomic E-state index is 0.300. The number of benzene rings is 1. The van der Waals surface area contributed by atoms with Gasteiger partial charge >= 0.3 is 0 Å². The summed E-state index contributed by atoms with van der Waals surface area (Å²) in [5.74, 6) is 1.76. The molecule has 0 radical (unpaired) electrons. The van der Waals surface area contributed by atoms with Gasteiger partial charge in [-0.3, -0.25) is 0 Å². The van der Waals surface area contributed by atoms with Gasteiger partial charge in [0.2, 0.25) is 0 Å². The molecular weight excluding hydrogens is 324 g/mol. The van der Waals surface area contributed by atoms with Crippen molar-refractivity contribution in [1.29, 1.82) is 0 Å². The summed E-state index contributed by atoms with van der Waals surface area (Å²) in [5, 5.41) is 4.54. The van der Waals surface area contributed by atoms with Gasteiger partial charge in [0, 0.05) is 31.4 Å². The Morgan fingerprint density at radius 3 is 2.92 bits per heavy atom. The van der Waals surface area contributed by atoms with E-state index >= 15 is 0 Å². The first kappa shape index (κ1) is 15.7. The van der Waals surface area contributed by atoms with Crippen LogP contribution in [-0.4, -0.2) is 36.2 Å². The van der Waals surface area contributed by atoms with E-state index in [1.165, 1.54) is 17.5 Å². The predicted octanol–water partition coefficient (Wildman–Crippen LogP) is 2.99. The molecule has 0 spiro atoms. The summed E-state index contributed by atoms with van der Waals surface area (Å²) in [6, 6.07) is 6.84. The van der Waals surface area contributed by atoms with E-state index in [0.29, 0.717) is 12.1 Å². The van der Waals surface area contributed by atoms with E-state index in [-0.39, 0.29) is 0 Å². The number of aromatic nitrogens is 2. The van der Waals surface area contributed by atoms with E-state index in [1.807, 2.05) is 12.1 Å². The number of hydrogen-bond donors (Lipinski definition) is 1. The summed E-state index contributed by atoms with van der Waals surface area (Å²) >= 11 is 6.60. The van der Waals surface area contributed by atoms with Crippen molar-refractivity contribution in [2.75, 3.05) is 25.1 Å². The van der Waals surface area contributed by atoms with Gasteiger partial charge in [-0.25, -0.2) is 9.97 Å². The van der Waals surface area contributed by atoms with Crippen LogP contribution in [0, 0.1) is 0 Å². The Hall–Kier alpha value is -1.85. The molecule has 1 saturated heterocycles. The Kier molecular flexibility index (Phi) is 4.29. The molecule has 2 heterocycles. The number of ether oxygens (including phenoxy) is 1. The molecule has 4 rings (SSSR count). The smallest absolute Gasteiger partial charge is 0.137 e. The van der Waals surface area contributed by atoms with E-state index in [0.717, 1.165) is 42.5 Å². The molecule has 1 aromatic carbocycles. The van der Waals surface area contributed by atoms with E-state index in [9.17, 15) is 0 Å². The first-order valence-corrected chi connectivity index (χ1v) is 8.76. The molecule has 6 heteroatoms. The molecule has 0 bridgehead atoms. The number of aryl methyl sites for hydroxylation is 1. The van der Waals surface area contributed by atoms with Crippen LogP contribution in [0.2, 0.25) is 5.02 Å². The third-order valence-corrected chi connectivity index (χ3v) is 5.34. The average molecular weight is 345 g/mol. The molecule has 1 aliphatic heterocycles. The third-order valence-electron chi connectivity index (χ3n) is 4.95. The fourth-order valence-electron chi connectivity index (χ4n) is 3.70. The van der Waals surface area contributed by atoms with Gasteiger partial charge in [-0.1, -0.05) is 17.7 Å². The predicted molar refractivity (Wildman–Crippen MR) is 94.9 cm³/mol. The van der Waals surface area contributed by atoms with Gasteiger partial charge < -0.3 is 15.0 Å². The van der Waals surface area contributed by atoms with Crippen LogP contribution in [0.3, 0.4) is 0 Å². The molecular formula is C18H21ClN4O. The van der Waals surface area contributed by atoms with Crippen LogP contribution in [0.25, 0.3) is 0 Å². The zero-order chi connectivity index (χ0) is 16.5.